The smallest absolute Gasteiger partial charge is 0.0594 e. The molecule has 2 bridgehead atoms. The summed E-state index contributed by atoms with van der Waals surface area (Å²) in [6.45, 7) is 13.4. The van der Waals surface area contributed by atoms with Crippen molar-refractivity contribution >= 4 is 0 Å². The number of hydrogen-bond acceptors (Lipinski definition) is 2. The van der Waals surface area contributed by atoms with E-state index < -0.39 is 0 Å². The molecular formula is C15H29NO. The zero-order chi connectivity index (χ0) is 12.7. The first-order chi connectivity index (χ1) is 7.86. The van der Waals surface area contributed by atoms with Crippen LogP contribution in [0.15, 0.2) is 0 Å². The van der Waals surface area contributed by atoms with Crippen molar-refractivity contribution in [2.75, 3.05) is 13.2 Å². The molecular weight excluding hydrogens is 210 g/mol. The first kappa shape index (κ1) is 13.4. The third-order valence-corrected chi connectivity index (χ3v) is 5.17. The maximum absolute atomic E-state index is 5.62. The van der Waals surface area contributed by atoms with Crippen molar-refractivity contribution in [2.45, 2.75) is 66.0 Å². The summed E-state index contributed by atoms with van der Waals surface area (Å²) in [6, 6.07) is 0.671. The number of hydrogen-bond donors (Lipinski definition) is 1. The molecule has 2 heteroatoms. The minimum Gasteiger partial charge on any atom is -0.377 e. The molecule has 2 fully saturated rings. The maximum atomic E-state index is 5.62. The van der Waals surface area contributed by atoms with Gasteiger partial charge in [-0.3, -0.25) is 0 Å². The highest BCUT2D eigenvalue weighted by Gasteiger charge is 2.58. The van der Waals surface area contributed by atoms with Crippen LogP contribution in [0.1, 0.15) is 53.9 Å². The van der Waals surface area contributed by atoms with Gasteiger partial charge in [0.1, 0.15) is 0 Å². The van der Waals surface area contributed by atoms with Gasteiger partial charge in [-0.2, -0.15) is 0 Å². The number of nitrogens with one attached hydrogen (secondary N) is 1. The van der Waals surface area contributed by atoms with E-state index >= 15 is 0 Å². The summed E-state index contributed by atoms with van der Waals surface area (Å²) in [6.07, 6.45) is 4.61. The van der Waals surface area contributed by atoms with E-state index in [1.165, 1.54) is 19.3 Å². The molecule has 100 valence electrons. The van der Waals surface area contributed by atoms with E-state index in [0.717, 1.165) is 19.1 Å². The van der Waals surface area contributed by atoms with Gasteiger partial charge in [-0.15, -0.1) is 0 Å². The Morgan fingerprint density at radius 3 is 2.53 bits per heavy atom. The van der Waals surface area contributed by atoms with Crippen LogP contribution in [0.3, 0.4) is 0 Å². The Morgan fingerprint density at radius 2 is 2.00 bits per heavy atom. The molecule has 0 aliphatic heterocycles. The average molecular weight is 239 g/mol. The molecule has 2 aliphatic carbocycles. The fraction of sp³-hybridized carbons (Fsp3) is 1.00. The second-order valence-electron chi connectivity index (χ2n) is 7.22. The lowest BCUT2D eigenvalue weighted by atomic mass is 9.68. The number of ether oxygens (including phenoxy) is 1. The van der Waals surface area contributed by atoms with Crippen molar-refractivity contribution in [3.05, 3.63) is 0 Å². The molecule has 1 N–H and O–H groups in total. The lowest BCUT2D eigenvalue weighted by Crippen LogP contribution is -2.51. The fourth-order valence-corrected chi connectivity index (χ4v) is 4.31. The highest BCUT2D eigenvalue weighted by atomic mass is 16.5. The van der Waals surface area contributed by atoms with Crippen LogP contribution in [0.2, 0.25) is 0 Å². The second-order valence-corrected chi connectivity index (χ2v) is 7.22. The van der Waals surface area contributed by atoms with Gasteiger partial charge in [-0.05, 0) is 49.9 Å². The predicted molar refractivity (Wildman–Crippen MR) is 72.1 cm³/mol. The molecule has 2 rings (SSSR count). The van der Waals surface area contributed by atoms with Crippen LogP contribution in [0.4, 0.5) is 0 Å². The summed E-state index contributed by atoms with van der Waals surface area (Å²) in [5.41, 5.74) is 0.997. The van der Waals surface area contributed by atoms with Crippen LogP contribution in [0, 0.1) is 16.7 Å². The minimum atomic E-state index is 0.348. The quantitative estimate of drug-likeness (QED) is 0.744. The van der Waals surface area contributed by atoms with Gasteiger partial charge in [0.05, 0.1) is 12.7 Å². The normalized spacial score (nSPS) is 39.2. The molecule has 0 spiro atoms. The van der Waals surface area contributed by atoms with Crippen molar-refractivity contribution in [2.24, 2.45) is 16.7 Å². The van der Waals surface area contributed by atoms with Gasteiger partial charge in [0, 0.05) is 12.6 Å². The van der Waals surface area contributed by atoms with Crippen LogP contribution in [-0.2, 0) is 4.74 Å². The molecule has 17 heavy (non-hydrogen) atoms. The third kappa shape index (κ3) is 2.39. The van der Waals surface area contributed by atoms with Crippen LogP contribution >= 0.6 is 0 Å². The van der Waals surface area contributed by atoms with E-state index in [1.54, 1.807) is 0 Å². The SMILES string of the molecule is CC(C)OCCNC1C(C)(C)[C@H]2CC[C@]1(C)C2. The van der Waals surface area contributed by atoms with E-state index in [0.29, 0.717) is 23.0 Å². The van der Waals surface area contributed by atoms with Gasteiger partial charge < -0.3 is 10.1 Å². The third-order valence-electron chi connectivity index (χ3n) is 5.17. The van der Waals surface area contributed by atoms with Crippen molar-refractivity contribution in [3.8, 4) is 0 Å². The Bertz CT molecular complexity index is 269. The molecule has 0 aromatic carbocycles. The van der Waals surface area contributed by atoms with E-state index in [1.807, 2.05) is 0 Å². The summed E-state index contributed by atoms with van der Waals surface area (Å²) in [7, 11) is 0. The highest BCUT2D eigenvalue weighted by Crippen LogP contribution is 2.62. The zero-order valence-corrected chi connectivity index (χ0v) is 12.2. The Hall–Kier alpha value is -0.0800. The van der Waals surface area contributed by atoms with Gasteiger partial charge in [-0.1, -0.05) is 20.8 Å². The molecule has 2 saturated carbocycles. The lowest BCUT2D eigenvalue weighted by molar-refractivity contribution is 0.0617. The summed E-state index contributed by atoms with van der Waals surface area (Å²) < 4.78 is 5.62. The Balaban J connectivity index is 1.87. The summed E-state index contributed by atoms with van der Waals surface area (Å²) in [4.78, 5) is 0. The molecule has 0 heterocycles. The molecule has 1 unspecified atom stereocenters. The standard InChI is InChI=1S/C15H29NO/c1-11(2)17-9-8-16-13-14(3,4)12-6-7-15(13,5)10-12/h11-13,16H,6-10H2,1-5H3/t12-,13?,15+/m0/s1. The molecule has 0 radical (unpaired) electrons. The summed E-state index contributed by atoms with van der Waals surface area (Å²) in [5.74, 6) is 0.927. The molecule has 0 amide bonds. The molecule has 2 nitrogen and oxygen atoms in total. The predicted octanol–water partition coefficient (Wildman–Crippen LogP) is 3.22. The van der Waals surface area contributed by atoms with Gasteiger partial charge in [0.15, 0.2) is 0 Å². The van der Waals surface area contributed by atoms with Crippen molar-refractivity contribution in [1.82, 2.24) is 5.32 Å². The number of fused-ring (bicyclic) bond motifs is 2. The Labute approximate surface area is 107 Å². The van der Waals surface area contributed by atoms with Crippen LogP contribution in [0.5, 0.6) is 0 Å². The van der Waals surface area contributed by atoms with E-state index in [-0.39, 0.29) is 0 Å². The zero-order valence-electron chi connectivity index (χ0n) is 12.2. The lowest BCUT2D eigenvalue weighted by Gasteiger charge is -2.43. The molecule has 0 saturated heterocycles. The molecule has 3 atom stereocenters. The first-order valence-corrected chi connectivity index (χ1v) is 7.21. The van der Waals surface area contributed by atoms with E-state index in [2.05, 4.69) is 39.9 Å². The van der Waals surface area contributed by atoms with Crippen molar-refractivity contribution in [1.29, 1.82) is 0 Å². The van der Waals surface area contributed by atoms with Gasteiger partial charge in [0.2, 0.25) is 0 Å². The molecule has 0 aromatic heterocycles. The molecule has 2 aliphatic rings. The van der Waals surface area contributed by atoms with Crippen LogP contribution < -0.4 is 5.32 Å². The van der Waals surface area contributed by atoms with Crippen LogP contribution in [0.25, 0.3) is 0 Å². The second kappa shape index (κ2) is 4.55. The van der Waals surface area contributed by atoms with Gasteiger partial charge >= 0.3 is 0 Å². The Morgan fingerprint density at radius 1 is 1.29 bits per heavy atom. The average Bonchev–Trinajstić information content (AvgIpc) is 2.67. The van der Waals surface area contributed by atoms with E-state index in [9.17, 15) is 0 Å². The minimum absolute atomic E-state index is 0.348. The van der Waals surface area contributed by atoms with Crippen molar-refractivity contribution < 1.29 is 4.74 Å². The number of rotatable bonds is 5. The molecule has 0 aromatic rings. The van der Waals surface area contributed by atoms with Gasteiger partial charge in [0.25, 0.3) is 0 Å². The highest BCUT2D eigenvalue weighted by molar-refractivity contribution is 5.11. The summed E-state index contributed by atoms with van der Waals surface area (Å²) in [5, 5.41) is 3.77. The monoisotopic (exact) mass is 239 g/mol. The van der Waals surface area contributed by atoms with Crippen LogP contribution in [-0.4, -0.2) is 25.3 Å². The maximum Gasteiger partial charge on any atom is 0.0594 e. The largest absolute Gasteiger partial charge is 0.377 e. The summed E-state index contributed by atoms with van der Waals surface area (Å²) >= 11 is 0. The van der Waals surface area contributed by atoms with Crippen molar-refractivity contribution in [3.63, 3.8) is 0 Å². The Kier molecular flexibility index (Phi) is 3.57. The van der Waals surface area contributed by atoms with E-state index in [4.69, 9.17) is 4.74 Å². The topological polar surface area (TPSA) is 21.3 Å². The fourth-order valence-electron chi connectivity index (χ4n) is 4.31. The first-order valence-electron chi connectivity index (χ1n) is 7.21. The van der Waals surface area contributed by atoms with Gasteiger partial charge in [-0.25, -0.2) is 0 Å².